The van der Waals surface area contributed by atoms with E-state index in [0.29, 0.717) is 6.04 Å². The SMILES string of the molecule is CCCNC(CCN(C)CC1CCCN1CC)C(N)=O. The topological polar surface area (TPSA) is 61.6 Å². The molecule has 0 aromatic rings. The molecule has 0 aromatic heterocycles. The first-order chi connectivity index (χ1) is 9.58. The maximum Gasteiger partial charge on any atom is 0.234 e. The van der Waals surface area contributed by atoms with Crippen LogP contribution in [-0.4, -0.2) is 67.6 Å². The van der Waals surface area contributed by atoms with Gasteiger partial charge >= 0.3 is 0 Å². The molecule has 0 aliphatic carbocycles. The Bertz CT molecular complexity index is 285. The molecular formula is C15H32N4O. The van der Waals surface area contributed by atoms with Gasteiger partial charge in [-0.05, 0) is 58.9 Å². The molecule has 1 aliphatic heterocycles. The Morgan fingerprint density at radius 1 is 1.50 bits per heavy atom. The fourth-order valence-electron chi connectivity index (χ4n) is 2.98. The smallest absolute Gasteiger partial charge is 0.234 e. The van der Waals surface area contributed by atoms with Gasteiger partial charge in [-0.15, -0.1) is 0 Å². The van der Waals surface area contributed by atoms with Crippen molar-refractivity contribution < 1.29 is 4.79 Å². The molecule has 118 valence electrons. The van der Waals surface area contributed by atoms with Crippen molar-refractivity contribution in [2.24, 2.45) is 5.73 Å². The molecule has 2 atom stereocenters. The summed E-state index contributed by atoms with van der Waals surface area (Å²) in [5, 5.41) is 3.23. The standard InChI is InChI=1S/C15H32N4O/c1-4-9-17-14(15(16)20)8-11-18(3)12-13-7-6-10-19(13)5-2/h13-14,17H,4-12H2,1-3H3,(H2,16,20). The van der Waals surface area contributed by atoms with Crippen LogP contribution < -0.4 is 11.1 Å². The van der Waals surface area contributed by atoms with E-state index in [2.05, 4.69) is 36.0 Å². The molecule has 2 unspecified atom stereocenters. The number of nitrogens with two attached hydrogens (primary N) is 1. The maximum absolute atomic E-state index is 11.4. The second-order valence-electron chi connectivity index (χ2n) is 5.88. The molecule has 0 bridgehead atoms. The highest BCUT2D eigenvalue weighted by atomic mass is 16.1. The number of primary amides is 1. The number of nitrogens with zero attached hydrogens (tertiary/aromatic N) is 2. The number of hydrogen-bond donors (Lipinski definition) is 2. The first-order valence-corrected chi connectivity index (χ1v) is 8.03. The van der Waals surface area contributed by atoms with Crippen molar-refractivity contribution in [3.05, 3.63) is 0 Å². The lowest BCUT2D eigenvalue weighted by Crippen LogP contribution is -2.45. The Balaban J connectivity index is 2.30. The Morgan fingerprint density at radius 2 is 2.25 bits per heavy atom. The third kappa shape index (κ3) is 5.77. The molecule has 0 saturated carbocycles. The zero-order valence-electron chi connectivity index (χ0n) is 13.4. The molecule has 0 aromatic carbocycles. The number of carbonyl (C=O) groups excluding carboxylic acids is 1. The van der Waals surface area contributed by atoms with Gasteiger partial charge in [-0.3, -0.25) is 9.69 Å². The van der Waals surface area contributed by atoms with Crippen LogP contribution in [0.25, 0.3) is 0 Å². The van der Waals surface area contributed by atoms with E-state index in [1.807, 2.05) is 0 Å². The molecule has 1 saturated heterocycles. The second-order valence-corrected chi connectivity index (χ2v) is 5.88. The molecule has 3 N–H and O–H groups in total. The van der Waals surface area contributed by atoms with Crippen molar-refractivity contribution >= 4 is 5.91 Å². The van der Waals surface area contributed by atoms with E-state index < -0.39 is 0 Å². The fourth-order valence-corrected chi connectivity index (χ4v) is 2.98. The number of likely N-dealkylation sites (tertiary alicyclic amines) is 1. The molecule has 5 nitrogen and oxygen atoms in total. The first-order valence-electron chi connectivity index (χ1n) is 8.03. The van der Waals surface area contributed by atoms with Gasteiger partial charge in [0.25, 0.3) is 0 Å². The third-order valence-corrected chi connectivity index (χ3v) is 4.21. The van der Waals surface area contributed by atoms with Crippen molar-refractivity contribution in [3.8, 4) is 0 Å². The number of hydrogen-bond acceptors (Lipinski definition) is 4. The lowest BCUT2D eigenvalue weighted by molar-refractivity contribution is -0.120. The molecule has 1 aliphatic rings. The fraction of sp³-hybridized carbons (Fsp3) is 0.933. The summed E-state index contributed by atoms with van der Waals surface area (Å²) in [6, 6.07) is 0.490. The van der Waals surface area contributed by atoms with Gasteiger partial charge in [0.15, 0.2) is 0 Å². The number of nitrogens with one attached hydrogen (secondary N) is 1. The normalized spacial score (nSPS) is 21.5. The number of carbonyl (C=O) groups is 1. The van der Waals surface area contributed by atoms with Gasteiger partial charge in [-0.2, -0.15) is 0 Å². The molecule has 20 heavy (non-hydrogen) atoms. The van der Waals surface area contributed by atoms with Crippen LogP contribution in [-0.2, 0) is 4.79 Å². The minimum atomic E-state index is -0.233. The Labute approximate surface area is 123 Å². The van der Waals surface area contributed by atoms with Gasteiger partial charge in [-0.1, -0.05) is 13.8 Å². The quantitative estimate of drug-likeness (QED) is 0.618. The van der Waals surface area contributed by atoms with Gasteiger partial charge in [0, 0.05) is 12.6 Å². The Morgan fingerprint density at radius 3 is 2.85 bits per heavy atom. The lowest BCUT2D eigenvalue weighted by Gasteiger charge is -2.28. The molecule has 1 rings (SSSR count). The molecule has 0 spiro atoms. The van der Waals surface area contributed by atoms with Gasteiger partial charge < -0.3 is 16.0 Å². The lowest BCUT2D eigenvalue weighted by atomic mass is 10.1. The van der Waals surface area contributed by atoms with Gasteiger partial charge in [0.2, 0.25) is 5.91 Å². The summed E-state index contributed by atoms with van der Waals surface area (Å²) in [5.41, 5.74) is 5.44. The van der Waals surface area contributed by atoms with E-state index in [4.69, 9.17) is 5.73 Å². The van der Waals surface area contributed by atoms with Crippen molar-refractivity contribution in [1.29, 1.82) is 0 Å². The van der Waals surface area contributed by atoms with Crippen LogP contribution in [0, 0.1) is 0 Å². The van der Waals surface area contributed by atoms with Crippen molar-refractivity contribution in [3.63, 3.8) is 0 Å². The minimum Gasteiger partial charge on any atom is -0.368 e. The van der Waals surface area contributed by atoms with Crippen LogP contribution in [0.5, 0.6) is 0 Å². The van der Waals surface area contributed by atoms with E-state index >= 15 is 0 Å². The largest absolute Gasteiger partial charge is 0.368 e. The third-order valence-electron chi connectivity index (χ3n) is 4.21. The number of likely N-dealkylation sites (N-methyl/N-ethyl adjacent to an activating group) is 2. The molecule has 0 radical (unpaired) electrons. The molecular weight excluding hydrogens is 252 g/mol. The minimum absolute atomic E-state index is 0.191. The Hall–Kier alpha value is -0.650. The monoisotopic (exact) mass is 284 g/mol. The van der Waals surface area contributed by atoms with Crippen LogP contribution in [0.15, 0.2) is 0 Å². The number of rotatable bonds is 10. The Kier molecular flexibility index (Phi) is 8.11. The molecule has 1 amide bonds. The van der Waals surface area contributed by atoms with Crippen LogP contribution in [0.1, 0.15) is 39.5 Å². The van der Waals surface area contributed by atoms with Crippen LogP contribution >= 0.6 is 0 Å². The van der Waals surface area contributed by atoms with Gasteiger partial charge in [0.1, 0.15) is 0 Å². The zero-order chi connectivity index (χ0) is 15.0. The van der Waals surface area contributed by atoms with Crippen LogP contribution in [0.4, 0.5) is 0 Å². The average Bonchev–Trinajstić information content (AvgIpc) is 2.85. The number of amides is 1. The van der Waals surface area contributed by atoms with Crippen LogP contribution in [0.3, 0.4) is 0 Å². The van der Waals surface area contributed by atoms with E-state index in [1.54, 1.807) is 0 Å². The van der Waals surface area contributed by atoms with Crippen molar-refractivity contribution in [2.75, 3.05) is 39.8 Å². The maximum atomic E-state index is 11.4. The summed E-state index contributed by atoms with van der Waals surface area (Å²) < 4.78 is 0. The summed E-state index contributed by atoms with van der Waals surface area (Å²) in [6.45, 7) is 9.55. The average molecular weight is 284 g/mol. The summed E-state index contributed by atoms with van der Waals surface area (Å²) in [4.78, 5) is 16.3. The predicted molar refractivity (Wildman–Crippen MR) is 83.7 cm³/mol. The van der Waals surface area contributed by atoms with E-state index in [9.17, 15) is 4.79 Å². The van der Waals surface area contributed by atoms with Gasteiger partial charge in [0.05, 0.1) is 6.04 Å². The molecule has 5 heteroatoms. The van der Waals surface area contributed by atoms with E-state index in [1.165, 1.54) is 19.4 Å². The highest BCUT2D eigenvalue weighted by Crippen LogP contribution is 2.17. The van der Waals surface area contributed by atoms with Crippen LogP contribution in [0.2, 0.25) is 0 Å². The van der Waals surface area contributed by atoms with Crippen molar-refractivity contribution in [2.45, 2.75) is 51.6 Å². The molecule has 1 fully saturated rings. The van der Waals surface area contributed by atoms with Gasteiger partial charge in [-0.25, -0.2) is 0 Å². The summed E-state index contributed by atoms with van der Waals surface area (Å²) in [6.07, 6.45) is 4.43. The second kappa shape index (κ2) is 9.32. The highest BCUT2D eigenvalue weighted by molar-refractivity contribution is 5.79. The predicted octanol–water partition coefficient (Wildman–Crippen LogP) is 0.646. The highest BCUT2D eigenvalue weighted by Gasteiger charge is 2.24. The van der Waals surface area contributed by atoms with Crippen molar-refractivity contribution in [1.82, 2.24) is 15.1 Å². The summed E-state index contributed by atoms with van der Waals surface area (Å²) in [7, 11) is 2.14. The summed E-state index contributed by atoms with van der Waals surface area (Å²) >= 11 is 0. The summed E-state index contributed by atoms with van der Waals surface area (Å²) in [5.74, 6) is -0.233. The molecule has 1 heterocycles. The zero-order valence-corrected chi connectivity index (χ0v) is 13.4. The first kappa shape index (κ1) is 17.4. The van der Waals surface area contributed by atoms with E-state index in [-0.39, 0.29) is 11.9 Å². The van der Waals surface area contributed by atoms with E-state index in [0.717, 1.165) is 39.0 Å².